The van der Waals surface area contributed by atoms with E-state index in [2.05, 4.69) is 31.9 Å². The van der Waals surface area contributed by atoms with Crippen LogP contribution in [0.5, 0.6) is 0 Å². The van der Waals surface area contributed by atoms with E-state index in [0.717, 1.165) is 31.9 Å². The standard InChI is InChI=1S/C13H18N4OS/c14-5-12-8-17(2-3-18-12)7-11-6-15-16-13(11)10-1-4-19-9-10/h1,4,6,9,12H,2-3,5,7-8,14H2,(H,15,16). The van der Waals surface area contributed by atoms with E-state index in [9.17, 15) is 0 Å². The van der Waals surface area contributed by atoms with Gasteiger partial charge < -0.3 is 10.5 Å². The second-order valence-electron chi connectivity index (χ2n) is 4.75. The summed E-state index contributed by atoms with van der Waals surface area (Å²) in [6, 6.07) is 2.11. The van der Waals surface area contributed by atoms with Gasteiger partial charge in [-0.15, -0.1) is 0 Å². The lowest BCUT2D eigenvalue weighted by atomic mass is 10.1. The zero-order valence-electron chi connectivity index (χ0n) is 10.7. The van der Waals surface area contributed by atoms with E-state index in [-0.39, 0.29) is 6.10 Å². The number of morpholine rings is 1. The maximum atomic E-state index is 5.68. The number of nitrogens with two attached hydrogens (primary N) is 1. The summed E-state index contributed by atoms with van der Waals surface area (Å²) in [5.41, 5.74) is 9.24. The Hall–Kier alpha value is -1.21. The molecule has 2 aromatic rings. The van der Waals surface area contributed by atoms with Crippen LogP contribution < -0.4 is 5.73 Å². The molecule has 0 bridgehead atoms. The zero-order chi connectivity index (χ0) is 13.1. The van der Waals surface area contributed by atoms with Crippen LogP contribution in [0, 0.1) is 0 Å². The third-order valence-corrected chi connectivity index (χ3v) is 4.09. The second-order valence-corrected chi connectivity index (χ2v) is 5.53. The average molecular weight is 278 g/mol. The first-order valence-electron chi connectivity index (χ1n) is 6.45. The minimum Gasteiger partial charge on any atom is -0.374 e. The Bertz CT molecular complexity index is 510. The van der Waals surface area contributed by atoms with Crippen LogP contribution in [0.15, 0.2) is 23.0 Å². The Morgan fingerprint density at radius 3 is 3.32 bits per heavy atom. The van der Waals surface area contributed by atoms with E-state index in [0.29, 0.717) is 6.54 Å². The molecule has 1 fully saturated rings. The molecule has 6 heteroatoms. The summed E-state index contributed by atoms with van der Waals surface area (Å²) in [6.07, 6.45) is 2.07. The number of aromatic nitrogens is 2. The van der Waals surface area contributed by atoms with E-state index >= 15 is 0 Å². The molecule has 0 saturated carbocycles. The van der Waals surface area contributed by atoms with Gasteiger partial charge >= 0.3 is 0 Å². The van der Waals surface area contributed by atoms with Gasteiger partial charge in [-0.3, -0.25) is 10.00 Å². The monoisotopic (exact) mass is 278 g/mol. The highest BCUT2D eigenvalue weighted by Gasteiger charge is 2.20. The largest absolute Gasteiger partial charge is 0.374 e. The highest BCUT2D eigenvalue weighted by molar-refractivity contribution is 7.08. The number of ether oxygens (including phenoxy) is 1. The lowest BCUT2D eigenvalue weighted by Gasteiger charge is -2.32. The molecule has 0 spiro atoms. The van der Waals surface area contributed by atoms with Crippen molar-refractivity contribution in [1.29, 1.82) is 0 Å². The average Bonchev–Trinajstić information content (AvgIpc) is 3.09. The van der Waals surface area contributed by atoms with Crippen LogP contribution in [-0.4, -0.2) is 47.4 Å². The third kappa shape index (κ3) is 2.87. The van der Waals surface area contributed by atoms with E-state index in [1.807, 2.05) is 6.20 Å². The number of nitrogens with one attached hydrogen (secondary N) is 1. The summed E-state index contributed by atoms with van der Waals surface area (Å²) >= 11 is 1.70. The normalized spacial score (nSPS) is 20.8. The van der Waals surface area contributed by atoms with E-state index in [1.165, 1.54) is 11.1 Å². The minimum absolute atomic E-state index is 0.158. The molecule has 0 aliphatic carbocycles. The molecule has 1 saturated heterocycles. The van der Waals surface area contributed by atoms with Crippen molar-refractivity contribution >= 4 is 11.3 Å². The van der Waals surface area contributed by atoms with Crippen LogP contribution in [0.1, 0.15) is 5.56 Å². The first kappa shape index (κ1) is 12.8. The predicted molar refractivity (Wildman–Crippen MR) is 76.0 cm³/mol. The van der Waals surface area contributed by atoms with E-state index in [4.69, 9.17) is 10.5 Å². The molecular formula is C13H18N4OS. The molecule has 3 rings (SSSR count). The molecule has 1 aliphatic rings. The Morgan fingerprint density at radius 2 is 2.53 bits per heavy atom. The fourth-order valence-electron chi connectivity index (χ4n) is 2.40. The van der Waals surface area contributed by atoms with Crippen molar-refractivity contribution in [2.24, 2.45) is 5.73 Å². The zero-order valence-corrected chi connectivity index (χ0v) is 11.5. The SMILES string of the molecule is NCC1CN(Cc2cn[nH]c2-c2ccsc2)CCO1. The third-order valence-electron chi connectivity index (χ3n) is 3.41. The van der Waals surface area contributed by atoms with Crippen LogP contribution >= 0.6 is 11.3 Å². The molecule has 3 N–H and O–H groups in total. The van der Waals surface area contributed by atoms with Crippen LogP contribution in [0.3, 0.4) is 0 Å². The smallest absolute Gasteiger partial charge is 0.0824 e. The number of thiophene rings is 1. The van der Waals surface area contributed by atoms with Crippen molar-refractivity contribution in [3.63, 3.8) is 0 Å². The molecule has 1 unspecified atom stereocenters. The van der Waals surface area contributed by atoms with Gasteiger partial charge in [0.2, 0.25) is 0 Å². The molecule has 5 nitrogen and oxygen atoms in total. The van der Waals surface area contributed by atoms with Gasteiger partial charge in [0.15, 0.2) is 0 Å². The Labute approximate surface area is 116 Å². The van der Waals surface area contributed by atoms with Gasteiger partial charge in [-0.2, -0.15) is 16.4 Å². The number of hydrogen-bond acceptors (Lipinski definition) is 5. The molecule has 2 aromatic heterocycles. The molecule has 102 valence electrons. The van der Waals surface area contributed by atoms with Gasteiger partial charge in [-0.25, -0.2) is 0 Å². The van der Waals surface area contributed by atoms with Crippen LogP contribution in [-0.2, 0) is 11.3 Å². The Morgan fingerprint density at radius 1 is 1.58 bits per heavy atom. The summed E-state index contributed by atoms with van der Waals surface area (Å²) in [5.74, 6) is 0. The van der Waals surface area contributed by atoms with Crippen LogP contribution in [0.25, 0.3) is 11.3 Å². The van der Waals surface area contributed by atoms with E-state index < -0.39 is 0 Å². The molecule has 1 aliphatic heterocycles. The van der Waals surface area contributed by atoms with Gasteiger partial charge in [0.1, 0.15) is 0 Å². The van der Waals surface area contributed by atoms with Crippen molar-refractivity contribution in [2.75, 3.05) is 26.2 Å². The topological polar surface area (TPSA) is 67.2 Å². The quantitative estimate of drug-likeness (QED) is 0.884. The van der Waals surface area contributed by atoms with Crippen LogP contribution in [0.2, 0.25) is 0 Å². The molecule has 3 heterocycles. The number of aromatic amines is 1. The number of nitrogens with zero attached hydrogens (tertiary/aromatic N) is 2. The summed E-state index contributed by atoms with van der Waals surface area (Å²) in [6.45, 7) is 4.07. The van der Waals surface area contributed by atoms with Crippen molar-refractivity contribution in [3.05, 3.63) is 28.6 Å². The summed E-state index contributed by atoms with van der Waals surface area (Å²) in [4.78, 5) is 2.38. The lowest BCUT2D eigenvalue weighted by molar-refractivity contribution is -0.0260. The molecule has 1 atom stereocenters. The fourth-order valence-corrected chi connectivity index (χ4v) is 3.04. The molecule has 0 amide bonds. The van der Waals surface area contributed by atoms with Crippen molar-refractivity contribution in [2.45, 2.75) is 12.6 Å². The first-order chi connectivity index (χ1) is 9.36. The second kappa shape index (κ2) is 5.83. The van der Waals surface area contributed by atoms with Gasteiger partial charge in [0.25, 0.3) is 0 Å². The Balaban J connectivity index is 1.72. The van der Waals surface area contributed by atoms with Crippen molar-refractivity contribution < 1.29 is 4.74 Å². The Kier molecular flexibility index (Phi) is 3.93. The summed E-state index contributed by atoms with van der Waals surface area (Å²) in [5, 5.41) is 11.5. The van der Waals surface area contributed by atoms with Gasteiger partial charge in [-0.1, -0.05) is 0 Å². The summed E-state index contributed by atoms with van der Waals surface area (Å²) in [7, 11) is 0. The van der Waals surface area contributed by atoms with Crippen molar-refractivity contribution in [3.8, 4) is 11.3 Å². The fraction of sp³-hybridized carbons (Fsp3) is 0.462. The molecule has 0 aromatic carbocycles. The highest BCUT2D eigenvalue weighted by Crippen LogP contribution is 2.24. The van der Waals surface area contributed by atoms with Gasteiger partial charge in [-0.05, 0) is 11.4 Å². The maximum Gasteiger partial charge on any atom is 0.0824 e. The van der Waals surface area contributed by atoms with Crippen LogP contribution in [0.4, 0.5) is 0 Å². The van der Waals surface area contributed by atoms with Gasteiger partial charge in [0, 0.05) is 42.7 Å². The first-order valence-corrected chi connectivity index (χ1v) is 7.40. The molecule has 19 heavy (non-hydrogen) atoms. The maximum absolute atomic E-state index is 5.68. The van der Waals surface area contributed by atoms with Gasteiger partial charge in [0.05, 0.1) is 24.6 Å². The summed E-state index contributed by atoms with van der Waals surface area (Å²) < 4.78 is 5.59. The highest BCUT2D eigenvalue weighted by atomic mass is 32.1. The minimum atomic E-state index is 0.158. The number of rotatable bonds is 4. The number of hydrogen-bond donors (Lipinski definition) is 2. The predicted octanol–water partition coefficient (Wildman–Crippen LogP) is 1.30. The lowest BCUT2D eigenvalue weighted by Crippen LogP contribution is -2.45. The molecule has 0 radical (unpaired) electrons. The molecular weight excluding hydrogens is 260 g/mol. The van der Waals surface area contributed by atoms with Crippen molar-refractivity contribution in [1.82, 2.24) is 15.1 Å². The van der Waals surface area contributed by atoms with E-state index in [1.54, 1.807) is 11.3 Å². The number of H-pyrrole nitrogens is 1.